The molecular weight excluding hydrogens is 154 g/mol. The first-order chi connectivity index (χ1) is 4.31. The van der Waals surface area contributed by atoms with Gasteiger partial charge in [-0.1, -0.05) is 0 Å². The van der Waals surface area contributed by atoms with E-state index in [-0.39, 0.29) is 12.4 Å². The lowest BCUT2D eigenvalue weighted by atomic mass is 10.3. The summed E-state index contributed by atoms with van der Waals surface area (Å²) in [5.74, 6) is 0.326. The molecule has 1 N–H and O–H groups in total. The van der Waals surface area contributed by atoms with Crippen LogP contribution in [0.5, 0.6) is 0 Å². The average molecular weight is 168 g/mol. The highest BCUT2D eigenvalue weighted by atomic mass is 35.5. The lowest BCUT2D eigenvalue weighted by molar-refractivity contribution is 0.194. The number of hydrogen-bond acceptors (Lipinski definition) is 3. The van der Waals surface area contributed by atoms with Gasteiger partial charge in [0.05, 0.1) is 7.11 Å². The van der Waals surface area contributed by atoms with Crippen molar-refractivity contribution in [1.29, 1.82) is 5.41 Å². The largest absolute Gasteiger partial charge is 0.484 e. The molecule has 0 fully saturated rings. The lowest BCUT2D eigenvalue weighted by Crippen LogP contribution is -2.00. The molecule has 0 atom stereocenters. The molecule has 62 valence electrons. The maximum atomic E-state index is 7.04. The fourth-order valence-corrected chi connectivity index (χ4v) is 0.479. The zero-order chi connectivity index (χ0) is 7.11. The van der Waals surface area contributed by atoms with Crippen LogP contribution < -0.4 is 0 Å². The van der Waals surface area contributed by atoms with Gasteiger partial charge >= 0.3 is 0 Å². The third-order valence-corrected chi connectivity index (χ3v) is 0.999. The summed E-state index contributed by atoms with van der Waals surface area (Å²) in [6, 6.07) is 0. The van der Waals surface area contributed by atoms with Gasteiger partial charge < -0.3 is 9.47 Å². The minimum Gasteiger partial charge on any atom is -0.484 e. The van der Waals surface area contributed by atoms with Crippen LogP contribution in [-0.2, 0) is 9.47 Å². The molecule has 10 heavy (non-hydrogen) atoms. The Morgan fingerprint density at radius 3 is 2.40 bits per heavy atom. The van der Waals surface area contributed by atoms with E-state index in [0.717, 1.165) is 6.42 Å². The van der Waals surface area contributed by atoms with Crippen molar-refractivity contribution >= 4 is 18.3 Å². The van der Waals surface area contributed by atoms with Crippen LogP contribution >= 0.6 is 12.4 Å². The van der Waals surface area contributed by atoms with E-state index >= 15 is 0 Å². The second-order valence-corrected chi connectivity index (χ2v) is 1.72. The highest BCUT2D eigenvalue weighted by Gasteiger charge is 1.92. The van der Waals surface area contributed by atoms with Crippen molar-refractivity contribution in [3.8, 4) is 0 Å². The van der Waals surface area contributed by atoms with E-state index < -0.39 is 0 Å². The molecule has 0 aromatic carbocycles. The van der Waals surface area contributed by atoms with Crippen LogP contribution in [0.25, 0.3) is 0 Å². The molecule has 0 unspecified atom stereocenters. The van der Waals surface area contributed by atoms with Gasteiger partial charge in [0.1, 0.15) is 0 Å². The number of nitrogens with one attached hydrogen (secondary N) is 1. The molecule has 0 amide bonds. The fraction of sp³-hybridized carbons (Fsp3) is 0.833. The van der Waals surface area contributed by atoms with Crippen molar-refractivity contribution in [2.24, 2.45) is 0 Å². The second kappa shape index (κ2) is 8.72. The Morgan fingerprint density at radius 2 is 2.00 bits per heavy atom. The molecule has 0 bridgehead atoms. The van der Waals surface area contributed by atoms with E-state index in [2.05, 4.69) is 4.74 Å². The monoisotopic (exact) mass is 167 g/mol. The zero-order valence-corrected chi connectivity index (χ0v) is 7.16. The van der Waals surface area contributed by atoms with Gasteiger partial charge in [0.25, 0.3) is 0 Å². The summed E-state index contributed by atoms with van der Waals surface area (Å²) in [5.41, 5.74) is 0. The van der Waals surface area contributed by atoms with Crippen molar-refractivity contribution in [3.05, 3.63) is 0 Å². The Morgan fingerprint density at radius 1 is 1.40 bits per heavy atom. The van der Waals surface area contributed by atoms with Crippen molar-refractivity contribution < 1.29 is 9.47 Å². The molecule has 4 heteroatoms. The van der Waals surface area contributed by atoms with Gasteiger partial charge in [-0.05, 0) is 6.42 Å². The molecule has 0 aromatic rings. The maximum Gasteiger partial charge on any atom is 0.180 e. The van der Waals surface area contributed by atoms with Crippen molar-refractivity contribution in [3.63, 3.8) is 0 Å². The van der Waals surface area contributed by atoms with E-state index in [4.69, 9.17) is 10.1 Å². The first kappa shape index (κ1) is 12.4. The third kappa shape index (κ3) is 7.72. The quantitative estimate of drug-likeness (QED) is 0.391. The summed E-state index contributed by atoms with van der Waals surface area (Å²) < 4.78 is 9.41. The van der Waals surface area contributed by atoms with Gasteiger partial charge in [-0.3, -0.25) is 5.41 Å². The SMILES string of the molecule is COCCCC(=N)OC.Cl. The van der Waals surface area contributed by atoms with Crippen LogP contribution in [0.1, 0.15) is 12.8 Å². The molecule has 0 aromatic heterocycles. The maximum absolute atomic E-state index is 7.04. The second-order valence-electron chi connectivity index (χ2n) is 1.72. The average Bonchev–Trinajstić information content (AvgIpc) is 1.89. The molecule has 0 saturated heterocycles. The van der Waals surface area contributed by atoms with E-state index in [1.807, 2.05) is 0 Å². The summed E-state index contributed by atoms with van der Waals surface area (Å²) in [7, 11) is 3.16. The van der Waals surface area contributed by atoms with Crippen LogP contribution in [0.15, 0.2) is 0 Å². The van der Waals surface area contributed by atoms with Gasteiger partial charge in [-0.15, -0.1) is 12.4 Å². The Kier molecular flexibility index (Phi) is 10.8. The number of hydrogen-bond donors (Lipinski definition) is 1. The van der Waals surface area contributed by atoms with Crippen LogP contribution in [0.4, 0.5) is 0 Å². The van der Waals surface area contributed by atoms with Gasteiger partial charge in [-0.2, -0.15) is 0 Å². The normalized spacial score (nSPS) is 8.20. The van der Waals surface area contributed by atoms with Gasteiger partial charge in [0.2, 0.25) is 0 Å². The van der Waals surface area contributed by atoms with Crippen LogP contribution in [0, 0.1) is 5.41 Å². The standard InChI is InChI=1S/C6H13NO2.ClH/c1-8-5-3-4-6(7)9-2;/h7H,3-5H2,1-2H3;1H. The Bertz CT molecular complexity index is 87.8. The predicted molar refractivity (Wildman–Crippen MR) is 43.1 cm³/mol. The van der Waals surface area contributed by atoms with E-state index in [1.165, 1.54) is 7.11 Å². The third-order valence-electron chi connectivity index (χ3n) is 0.999. The van der Waals surface area contributed by atoms with Crippen molar-refractivity contribution in [1.82, 2.24) is 0 Å². The molecular formula is C6H14ClNO2. The Labute approximate surface area is 67.6 Å². The molecule has 0 aliphatic rings. The number of halogens is 1. The van der Waals surface area contributed by atoms with E-state index in [0.29, 0.717) is 18.9 Å². The van der Waals surface area contributed by atoms with Crippen LogP contribution in [0.2, 0.25) is 0 Å². The lowest BCUT2D eigenvalue weighted by Gasteiger charge is -1.99. The first-order valence-electron chi connectivity index (χ1n) is 2.91. The Hall–Kier alpha value is -0.280. The summed E-state index contributed by atoms with van der Waals surface area (Å²) in [5, 5.41) is 7.04. The Balaban J connectivity index is 0. The molecule has 0 radical (unpaired) electrons. The van der Waals surface area contributed by atoms with E-state index in [1.54, 1.807) is 7.11 Å². The molecule has 0 saturated carbocycles. The molecule has 0 spiro atoms. The number of rotatable bonds is 4. The van der Waals surface area contributed by atoms with Crippen molar-refractivity contribution in [2.45, 2.75) is 12.8 Å². The molecule has 0 heterocycles. The number of ether oxygens (including phenoxy) is 2. The highest BCUT2D eigenvalue weighted by molar-refractivity contribution is 5.85. The van der Waals surface area contributed by atoms with Gasteiger partial charge in [0.15, 0.2) is 5.90 Å². The summed E-state index contributed by atoms with van der Waals surface area (Å²) in [4.78, 5) is 0. The summed E-state index contributed by atoms with van der Waals surface area (Å²) >= 11 is 0. The van der Waals surface area contributed by atoms with Crippen LogP contribution in [0.3, 0.4) is 0 Å². The topological polar surface area (TPSA) is 42.3 Å². The van der Waals surface area contributed by atoms with Crippen LogP contribution in [-0.4, -0.2) is 26.7 Å². The summed E-state index contributed by atoms with van der Waals surface area (Å²) in [6.45, 7) is 0.700. The van der Waals surface area contributed by atoms with Gasteiger partial charge in [0, 0.05) is 20.1 Å². The minimum atomic E-state index is 0. The fourth-order valence-electron chi connectivity index (χ4n) is 0.479. The molecule has 3 nitrogen and oxygen atoms in total. The smallest absolute Gasteiger partial charge is 0.180 e. The molecule has 0 rings (SSSR count). The predicted octanol–water partition coefficient (Wildman–Crippen LogP) is 1.46. The van der Waals surface area contributed by atoms with E-state index in [9.17, 15) is 0 Å². The summed E-state index contributed by atoms with van der Waals surface area (Å²) in [6.07, 6.45) is 1.54. The first-order valence-corrected chi connectivity index (χ1v) is 2.91. The molecule has 0 aliphatic carbocycles. The van der Waals surface area contributed by atoms with Crippen molar-refractivity contribution in [2.75, 3.05) is 20.8 Å². The number of methoxy groups -OCH3 is 2. The van der Waals surface area contributed by atoms with Gasteiger partial charge in [-0.25, -0.2) is 0 Å². The molecule has 0 aliphatic heterocycles. The highest BCUT2D eigenvalue weighted by Crippen LogP contribution is 1.90. The minimum absolute atomic E-state index is 0. The zero-order valence-electron chi connectivity index (χ0n) is 6.35.